The molecule has 2 aliphatic rings. The monoisotopic (exact) mass is 561 g/mol. The average Bonchev–Trinajstić information content (AvgIpc) is 2.87. The van der Waals surface area contributed by atoms with Gasteiger partial charge in [-0.05, 0) is 67.6 Å². The van der Waals surface area contributed by atoms with Gasteiger partial charge in [0.25, 0.3) is 0 Å². The number of fused-ring (bicyclic) bond motifs is 2. The van der Waals surface area contributed by atoms with E-state index in [0.717, 1.165) is 18.2 Å². The van der Waals surface area contributed by atoms with E-state index in [1.54, 1.807) is 47.9 Å². The lowest BCUT2D eigenvalue weighted by Crippen LogP contribution is -2.14. The van der Waals surface area contributed by atoms with E-state index < -0.39 is 28.5 Å². The zero-order valence-electron chi connectivity index (χ0n) is 20.1. The Morgan fingerprint density at radius 3 is 2.23 bits per heavy atom. The number of halogens is 7. The fourth-order valence-electron chi connectivity index (χ4n) is 4.19. The summed E-state index contributed by atoms with van der Waals surface area (Å²) in [5.41, 5.74) is 0.691. The van der Waals surface area contributed by atoms with E-state index in [-0.39, 0.29) is 11.5 Å². The molecule has 11 heteroatoms. The molecule has 3 aromatic carbocycles. The number of aromatic nitrogens is 2. The lowest BCUT2D eigenvalue weighted by molar-refractivity contribution is -0.138. The summed E-state index contributed by atoms with van der Waals surface area (Å²) in [6.07, 6.45) is -9.09. The van der Waals surface area contributed by atoms with Crippen molar-refractivity contribution in [3.8, 4) is 28.6 Å². The Kier molecular flexibility index (Phi) is 6.76. The van der Waals surface area contributed by atoms with Crippen LogP contribution in [0.25, 0.3) is 28.1 Å². The van der Waals surface area contributed by atoms with Gasteiger partial charge in [0.15, 0.2) is 5.75 Å². The van der Waals surface area contributed by atoms with Crippen molar-refractivity contribution in [3.05, 3.63) is 100 Å². The molecule has 5 rings (SSSR count). The van der Waals surface area contributed by atoms with Crippen molar-refractivity contribution in [2.75, 3.05) is 6.54 Å². The van der Waals surface area contributed by atoms with Crippen LogP contribution in [-0.4, -0.2) is 16.1 Å². The van der Waals surface area contributed by atoms with Gasteiger partial charge in [0.05, 0.1) is 38.6 Å². The molecule has 3 aromatic rings. The van der Waals surface area contributed by atoms with Gasteiger partial charge >= 0.3 is 12.4 Å². The second-order valence-electron chi connectivity index (χ2n) is 8.51. The van der Waals surface area contributed by atoms with E-state index in [2.05, 4.69) is 9.98 Å². The maximum absolute atomic E-state index is 13.3. The molecule has 1 aliphatic heterocycles. The number of rotatable bonds is 4. The summed E-state index contributed by atoms with van der Waals surface area (Å²) in [7, 11) is 0. The van der Waals surface area contributed by atoms with Crippen LogP contribution in [0.15, 0.2) is 83.9 Å². The predicted molar refractivity (Wildman–Crippen MR) is 135 cm³/mol. The van der Waals surface area contributed by atoms with E-state index in [0.29, 0.717) is 40.0 Å². The van der Waals surface area contributed by atoms with E-state index in [1.807, 2.05) is 0 Å². The van der Waals surface area contributed by atoms with Gasteiger partial charge < -0.3 is 9.30 Å². The zero-order valence-corrected chi connectivity index (χ0v) is 20.9. The molecule has 0 unspecified atom stereocenters. The highest BCUT2D eigenvalue weighted by atomic mass is 35.5. The van der Waals surface area contributed by atoms with Crippen molar-refractivity contribution in [2.24, 2.45) is 4.99 Å². The highest BCUT2D eigenvalue weighted by Gasteiger charge is 2.33. The Morgan fingerprint density at radius 2 is 1.59 bits per heavy atom. The van der Waals surface area contributed by atoms with Gasteiger partial charge in [0.2, 0.25) is 0 Å². The van der Waals surface area contributed by atoms with Crippen LogP contribution < -0.4 is 10.1 Å². The van der Waals surface area contributed by atoms with Gasteiger partial charge in [-0.2, -0.15) is 26.3 Å². The minimum Gasteiger partial charge on any atom is -0.455 e. The summed E-state index contributed by atoms with van der Waals surface area (Å²) in [5, 5.41) is -0.0731. The van der Waals surface area contributed by atoms with Crippen LogP contribution in [0.2, 0.25) is 5.02 Å². The van der Waals surface area contributed by atoms with Gasteiger partial charge in [-0.3, -0.25) is 4.99 Å². The van der Waals surface area contributed by atoms with E-state index in [4.69, 9.17) is 16.3 Å². The van der Waals surface area contributed by atoms with E-state index in [9.17, 15) is 26.3 Å². The molecule has 1 aliphatic carbocycles. The fraction of sp³-hybridized carbons (Fsp3) is 0.143. The molecule has 0 amide bonds. The van der Waals surface area contributed by atoms with Crippen molar-refractivity contribution < 1.29 is 31.1 Å². The quantitative estimate of drug-likeness (QED) is 0.163. The zero-order chi connectivity index (χ0) is 27.9. The minimum atomic E-state index is -4.61. The van der Waals surface area contributed by atoms with Crippen LogP contribution in [0.1, 0.15) is 18.1 Å². The largest absolute Gasteiger partial charge is 0.455 e. The molecule has 39 heavy (non-hydrogen) atoms. The summed E-state index contributed by atoms with van der Waals surface area (Å²) in [6, 6.07) is 18.1. The first-order valence-corrected chi connectivity index (χ1v) is 12.0. The molecule has 0 atom stereocenters. The number of para-hydroxylation sites is 2. The summed E-state index contributed by atoms with van der Waals surface area (Å²) in [5.74, 6) is 0.419. The summed E-state index contributed by atoms with van der Waals surface area (Å²) in [6.45, 7) is 2.16. The normalized spacial score (nSPS) is 12.9. The highest BCUT2D eigenvalue weighted by Crippen LogP contribution is 2.38. The molecular formula is C28H18ClF6N3O. The third-order valence-corrected chi connectivity index (χ3v) is 6.23. The smallest absolute Gasteiger partial charge is 0.417 e. The Bertz CT molecular complexity index is 1710. The summed E-state index contributed by atoms with van der Waals surface area (Å²) in [4.78, 5) is 9.16. The first-order valence-electron chi connectivity index (χ1n) is 11.6. The van der Waals surface area contributed by atoms with Crippen LogP contribution in [-0.2, 0) is 12.4 Å². The molecule has 1 heterocycles. The molecule has 0 saturated heterocycles. The Morgan fingerprint density at radius 1 is 0.872 bits per heavy atom. The number of hydrogen-bond acceptors (Lipinski definition) is 3. The maximum atomic E-state index is 13.3. The second-order valence-corrected chi connectivity index (χ2v) is 8.91. The topological polar surface area (TPSA) is 39.4 Å². The lowest BCUT2D eigenvalue weighted by atomic mass is 10.1. The van der Waals surface area contributed by atoms with Crippen molar-refractivity contribution in [1.82, 2.24) is 9.55 Å². The van der Waals surface area contributed by atoms with Gasteiger partial charge in [0, 0.05) is 18.3 Å². The van der Waals surface area contributed by atoms with Crippen LogP contribution in [0.5, 0.6) is 11.5 Å². The van der Waals surface area contributed by atoms with E-state index in [1.165, 1.54) is 24.3 Å². The standard InChI is InChI=1S/C28H18ClF6N3O/c1-2-36-23-14-25-22(15-26(23)39-18-10-7-16(8-11-18)27(30,31)32)37-21-5-3-4-6-24(21)38(25)17-9-12-19(20(29)13-17)28(33,34)35/h3-15H,2H2,1H3. The Hall–Kier alpha value is -4.05. The molecule has 4 nitrogen and oxygen atoms in total. The summed E-state index contributed by atoms with van der Waals surface area (Å²) >= 11 is 6.04. The molecule has 0 saturated carbocycles. The van der Waals surface area contributed by atoms with Crippen LogP contribution in [0.4, 0.5) is 26.3 Å². The molecular weight excluding hydrogens is 544 g/mol. The number of hydrogen-bond donors (Lipinski definition) is 0. The number of ether oxygens (including phenoxy) is 1. The fourth-order valence-corrected chi connectivity index (χ4v) is 4.47. The van der Waals surface area contributed by atoms with Gasteiger partial charge in [-0.25, -0.2) is 4.98 Å². The van der Waals surface area contributed by atoms with Crippen LogP contribution in [0, 0.1) is 0 Å². The van der Waals surface area contributed by atoms with E-state index >= 15 is 0 Å². The third kappa shape index (κ3) is 5.29. The Balaban J connectivity index is 1.71. The lowest BCUT2D eigenvalue weighted by Gasteiger charge is -2.21. The summed E-state index contributed by atoms with van der Waals surface area (Å²) < 4.78 is 86.6. The van der Waals surface area contributed by atoms with Crippen molar-refractivity contribution in [2.45, 2.75) is 19.3 Å². The van der Waals surface area contributed by atoms with Crippen molar-refractivity contribution in [3.63, 3.8) is 0 Å². The van der Waals surface area contributed by atoms with Gasteiger partial charge in [-0.1, -0.05) is 23.7 Å². The minimum absolute atomic E-state index is 0.165. The average molecular weight is 562 g/mol. The molecule has 200 valence electrons. The maximum Gasteiger partial charge on any atom is 0.417 e. The van der Waals surface area contributed by atoms with Gasteiger partial charge in [0.1, 0.15) is 11.1 Å². The molecule has 0 fully saturated rings. The SMILES string of the molecule is CCN=c1cc2n(-c3ccc(C(F)(F)F)c(Cl)c3)c3ccccc3nc-2cc1Oc1ccc(C(F)(F)F)cc1. The number of alkyl halides is 6. The third-order valence-electron chi connectivity index (χ3n) is 5.91. The predicted octanol–water partition coefficient (Wildman–Crippen LogP) is 8.53. The first-order chi connectivity index (χ1) is 18.5. The van der Waals surface area contributed by atoms with Crippen LogP contribution >= 0.6 is 11.6 Å². The molecule has 0 N–H and O–H groups in total. The molecule has 0 aromatic heterocycles. The van der Waals surface area contributed by atoms with Gasteiger partial charge in [-0.15, -0.1) is 0 Å². The second kappa shape index (κ2) is 9.92. The molecule has 0 radical (unpaired) electrons. The molecule has 0 spiro atoms. The van der Waals surface area contributed by atoms with Crippen molar-refractivity contribution in [1.29, 1.82) is 0 Å². The first kappa shape index (κ1) is 26.6. The van der Waals surface area contributed by atoms with Crippen molar-refractivity contribution >= 4 is 22.6 Å². The Labute approximate surface area is 223 Å². The molecule has 0 bridgehead atoms. The number of nitrogens with zero attached hydrogens (tertiary/aromatic N) is 3. The van der Waals surface area contributed by atoms with Crippen LogP contribution in [0.3, 0.4) is 0 Å². The highest BCUT2D eigenvalue weighted by molar-refractivity contribution is 6.31. The number of benzene rings is 4.